The number of aliphatic hydroxyl groups is 1. The molecule has 25 heavy (non-hydrogen) atoms. The van der Waals surface area contributed by atoms with E-state index in [-0.39, 0.29) is 30.1 Å². The molecule has 0 radical (unpaired) electrons. The summed E-state index contributed by atoms with van der Waals surface area (Å²) in [6.07, 6.45) is 1.85. The molecule has 140 valence electrons. The Morgan fingerprint density at radius 1 is 1.08 bits per heavy atom. The number of hydrogen-bond acceptors (Lipinski definition) is 4. The molecule has 1 rings (SSSR count). The van der Waals surface area contributed by atoms with Gasteiger partial charge in [0.05, 0.1) is 6.61 Å². The van der Waals surface area contributed by atoms with Crippen LogP contribution in [-0.4, -0.2) is 35.7 Å². The smallest absolute Gasteiger partial charge is 0.220 e. The maximum absolute atomic E-state index is 12.0. The highest BCUT2D eigenvalue weighted by atomic mass is 16.6. The largest absolute Gasteiger partial charge is 0.366 e. The van der Waals surface area contributed by atoms with Crippen LogP contribution >= 0.6 is 0 Å². The predicted octanol–water partition coefficient (Wildman–Crippen LogP) is 2.86. The number of benzene rings is 1. The van der Waals surface area contributed by atoms with Gasteiger partial charge in [-0.05, 0) is 31.2 Å². The number of Topliss-reactive ketones (excluding diaryl/α,β-unsaturated/α-hetero) is 1. The maximum Gasteiger partial charge on any atom is 0.220 e. The Kier molecular flexibility index (Phi) is 8.26. The van der Waals surface area contributed by atoms with Crippen molar-refractivity contribution in [3.63, 3.8) is 0 Å². The van der Waals surface area contributed by atoms with Gasteiger partial charge in [-0.2, -0.15) is 0 Å². The van der Waals surface area contributed by atoms with Gasteiger partial charge in [-0.1, -0.05) is 44.2 Å². The van der Waals surface area contributed by atoms with Crippen molar-refractivity contribution in [1.29, 1.82) is 0 Å². The zero-order chi connectivity index (χ0) is 18.9. The topological polar surface area (TPSA) is 75.6 Å². The minimum absolute atomic E-state index is 0.111. The van der Waals surface area contributed by atoms with Crippen molar-refractivity contribution in [1.82, 2.24) is 5.32 Å². The molecule has 0 unspecified atom stereocenters. The van der Waals surface area contributed by atoms with Gasteiger partial charge < -0.3 is 15.2 Å². The van der Waals surface area contributed by atoms with E-state index in [1.54, 1.807) is 13.8 Å². The normalized spacial score (nSPS) is 12.0. The van der Waals surface area contributed by atoms with Gasteiger partial charge in [-0.25, -0.2) is 0 Å². The molecular formula is C20H31NO4. The Morgan fingerprint density at radius 2 is 1.72 bits per heavy atom. The fraction of sp³-hybridized carbons (Fsp3) is 0.600. The van der Waals surface area contributed by atoms with Gasteiger partial charge in [0.25, 0.3) is 0 Å². The molecule has 0 aliphatic rings. The van der Waals surface area contributed by atoms with Gasteiger partial charge in [-0.15, -0.1) is 0 Å². The summed E-state index contributed by atoms with van der Waals surface area (Å²) in [4.78, 5) is 23.9. The van der Waals surface area contributed by atoms with Gasteiger partial charge in [-0.3, -0.25) is 9.59 Å². The molecule has 0 aliphatic carbocycles. The lowest BCUT2D eigenvalue weighted by Gasteiger charge is -2.28. The molecule has 0 aromatic heterocycles. The molecule has 0 atom stereocenters. The average Bonchev–Trinajstić information content (AvgIpc) is 2.51. The molecule has 0 bridgehead atoms. The Labute approximate surface area is 150 Å². The van der Waals surface area contributed by atoms with Gasteiger partial charge in [0.2, 0.25) is 5.91 Å². The number of carbonyl (C=O) groups excluding carboxylic acids is 2. The van der Waals surface area contributed by atoms with Crippen LogP contribution in [0, 0.1) is 5.41 Å². The van der Waals surface area contributed by atoms with Crippen LogP contribution in [0.4, 0.5) is 0 Å². The first-order chi connectivity index (χ1) is 11.6. The van der Waals surface area contributed by atoms with E-state index in [1.165, 1.54) is 0 Å². The average molecular weight is 349 g/mol. The van der Waals surface area contributed by atoms with Crippen molar-refractivity contribution < 1.29 is 19.4 Å². The summed E-state index contributed by atoms with van der Waals surface area (Å²) in [5.74, 6) is -1.17. The van der Waals surface area contributed by atoms with E-state index in [4.69, 9.17) is 4.74 Å². The summed E-state index contributed by atoms with van der Waals surface area (Å²) in [6, 6.07) is 9.89. The first-order valence-electron chi connectivity index (χ1n) is 8.76. The number of amides is 1. The Balaban J connectivity index is 2.21. The molecule has 0 heterocycles. The van der Waals surface area contributed by atoms with Gasteiger partial charge in [0, 0.05) is 25.8 Å². The molecule has 5 heteroatoms. The quantitative estimate of drug-likeness (QED) is 0.602. The Morgan fingerprint density at radius 3 is 2.32 bits per heavy atom. The van der Waals surface area contributed by atoms with Gasteiger partial charge in [0.15, 0.2) is 5.79 Å². The number of hydrogen-bond donors (Lipinski definition) is 2. The lowest BCUT2D eigenvalue weighted by Crippen LogP contribution is -2.35. The third-order valence-corrected chi connectivity index (χ3v) is 3.72. The summed E-state index contributed by atoms with van der Waals surface area (Å²) < 4.78 is 5.33. The first-order valence-corrected chi connectivity index (χ1v) is 8.76. The molecule has 1 amide bonds. The van der Waals surface area contributed by atoms with E-state index in [2.05, 4.69) is 5.32 Å². The second-order valence-electron chi connectivity index (χ2n) is 7.70. The van der Waals surface area contributed by atoms with Crippen molar-refractivity contribution in [2.75, 3.05) is 13.2 Å². The number of aryl methyl sites for hydroxylation is 1. The van der Waals surface area contributed by atoms with Crippen LogP contribution in [0.25, 0.3) is 0 Å². The molecule has 0 aliphatic heterocycles. The third-order valence-electron chi connectivity index (χ3n) is 3.72. The summed E-state index contributed by atoms with van der Waals surface area (Å²) in [5, 5.41) is 12.4. The fourth-order valence-corrected chi connectivity index (χ4v) is 2.31. The van der Waals surface area contributed by atoms with Crippen molar-refractivity contribution in [3.05, 3.63) is 35.9 Å². The number of ketones is 1. The summed E-state index contributed by atoms with van der Waals surface area (Å²) >= 11 is 0. The second-order valence-corrected chi connectivity index (χ2v) is 7.70. The minimum atomic E-state index is -1.21. The molecule has 1 aromatic carbocycles. The third kappa shape index (κ3) is 10.7. The van der Waals surface area contributed by atoms with Crippen molar-refractivity contribution in [3.8, 4) is 0 Å². The zero-order valence-electron chi connectivity index (χ0n) is 15.8. The van der Waals surface area contributed by atoms with E-state index < -0.39 is 5.79 Å². The molecule has 1 aromatic rings. The second kappa shape index (κ2) is 9.68. The van der Waals surface area contributed by atoms with E-state index in [0.29, 0.717) is 19.4 Å². The molecule has 2 N–H and O–H groups in total. The van der Waals surface area contributed by atoms with Crippen molar-refractivity contribution >= 4 is 11.7 Å². The monoisotopic (exact) mass is 349 g/mol. The first kappa shape index (κ1) is 21.3. The maximum atomic E-state index is 12.0. The van der Waals surface area contributed by atoms with Crippen LogP contribution in [-0.2, 0) is 20.7 Å². The molecule has 0 fully saturated rings. The molecule has 0 saturated heterocycles. The molecule has 5 nitrogen and oxygen atoms in total. The van der Waals surface area contributed by atoms with Crippen molar-refractivity contribution in [2.24, 2.45) is 5.41 Å². The van der Waals surface area contributed by atoms with E-state index in [1.807, 2.05) is 44.2 Å². The van der Waals surface area contributed by atoms with Crippen LogP contribution < -0.4 is 5.32 Å². The highest BCUT2D eigenvalue weighted by molar-refractivity contribution is 5.80. The molecule has 0 saturated carbocycles. The zero-order valence-corrected chi connectivity index (χ0v) is 15.8. The number of rotatable bonds is 11. The molecular weight excluding hydrogens is 318 g/mol. The van der Waals surface area contributed by atoms with Crippen LogP contribution in [0.5, 0.6) is 0 Å². The highest BCUT2D eigenvalue weighted by Crippen LogP contribution is 2.22. The standard InChI is InChI=1S/C20H31NO4/c1-19(2,15-25-20(3,4)24)14-18(23)21-13-12-17(22)11-10-16-8-6-5-7-9-16/h5-9,24H,10-15H2,1-4H3,(H,21,23). The van der Waals surface area contributed by atoms with Crippen molar-refractivity contribution in [2.45, 2.75) is 59.2 Å². The SMILES string of the molecule is CC(C)(COC(C)(C)O)CC(=O)NCCC(=O)CCc1ccccc1. The number of carbonyl (C=O) groups is 2. The Hall–Kier alpha value is -1.72. The van der Waals surface area contributed by atoms with Gasteiger partial charge in [0.1, 0.15) is 5.78 Å². The fourth-order valence-electron chi connectivity index (χ4n) is 2.31. The predicted molar refractivity (Wildman–Crippen MR) is 98.0 cm³/mol. The Bertz CT molecular complexity index is 547. The van der Waals surface area contributed by atoms with E-state index in [0.717, 1.165) is 12.0 Å². The number of ether oxygens (including phenoxy) is 1. The van der Waals surface area contributed by atoms with Crippen LogP contribution in [0.15, 0.2) is 30.3 Å². The van der Waals surface area contributed by atoms with E-state index >= 15 is 0 Å². The van der Waals surface area contributed by atoms with Crippen LogP contribution in [0.1, 0.15) is 52.5 Å². The van der Waals surface area contributed by atoms with Crippen LogP contribution in [0.2, 0.25) is 0 Å². The van der Waals surface area contributed by atoms with Gasteiger partial charge >= 0.3 is 0 Å². The summed E-state index contributed by atoms with van der Waals surface area (Å²) in [6.45, 7) is 7.57. The summed E-state index contributed by atoms with van der Waals surface area (Å²) in [7, 11) is 0. The number of nitrogens with one attached hydrogen (secondary N) is 1. The lowest BCUT2D eigenvalue weighted by molar-refractivity contribution is -0.192. The van der Waals surface area contributed by atoms with E-state index in [9.17, 15) is 14.7 Å². The lowest BCUT2D eigenvalue weighted by atomic mass is 9.90. The minimum Gasteiger partial charge on any atom is -0.366 e. The molecule has 0 spiro atoms. The highest BCUT2D eigenvalue weighted by Gasteiger charge is 2.25. The van der Waals surface area contributed by atoms with Crippen LogP contribution in [0.3, 0.4) is 0 Å². The summed E-state index contributed by atoms with van der Waals surface area (Å²) in [5.41, 5.74) is 0.759.